The minimum atomic E-state index is -1.11. The Bertz CT molecular complexity index is 444. The smallest absolute Gasteiger partial charge is 0.0755 e. The summed E-state index contributed by atoms with van der Waals surface area (Å²) in [6.45, 7) is 17.7. The lowest BCUT2D eigenvalue weighted by Gasteiger charge is -2.46. The molecule has 2 unspecified atom stereocenters. The lowest BCUT2D eigenvalue weighted by molar-refractivity contribution is 0.165. The van der Waals surface area contributed by atoms with Gasteiger partial charge in [-0.15, -0.1) is 27.2 Å². The van der Waals surface area contributed by atoms with Crippen molar-refractivity contribution in [1.29, 1.82) is 0 Å². The van der Waals surface area contributed by atoms with E-state index >= 15 is 0 Å². The van der Waals surface area contributed by atoms with E-state index in [4.69, 9.17) is 8.37 Å². The quantitative estimate of drug-likeness (QED) is 0.449. The molecule has 0 aliphatic heterocycles. The molecule has 0 saturated heterocycles. The van der Waals surface area contributed by atoms with Gasteiger partial charge < -0.3 is 8.37 Å². The van der Waals surface area contributed by atoms with Crippen molar-refractivity contribution in [3.63, 3.8) is 0 Å². The first kappa shape index (κ1) is 23.4. The van der Waals surface area contributed by atoms with E-state index in [1.807, 2.05) is 6.08 Å². The Morgan fingerprint density at radius 2 is 1.36 bits per heavy atom. The third kappa shape index (κ3) is 6.19. The van der Waals surface area contributed by atoms with Gasteiger partial charge in [-0.3, -0.25) is 0 Å². The van der Waals surface area contributed by atoms with E-state index in [9.17, 15) is 0 Å². The van der Waals surface area contributed by atoms with Gasteiger partial charge in [0.25, 0.3) is 0 Å². The van der Waals surface area contributed by atoms with Gasteiger partial charge in [-0.1, -0.05) is 47.6 Å². The zero-order valence-electron chi connectivity index (χ0n) is 18.5. The highest BCUT2D eigenvalue weighted by Gasteiger charge is 2.42. The van der Waals surface area contributed by atoms with Gasteiger partial charge >= 0.3 is 0 Å². The first-order valence-electron chi connectivity index (χ1n) is 9.54. The maximum atomic E-state index is 6.78. The second-order valence-electron chi connectivity index (χ2n) is 10.1. The highest BCUT2D eigenvalue weighted by molar-refractivity contribution is 8.30. The highest BCUT2D eigenvalue weighted by Crippen LogP contribution is 2.59. The fourth-order valence-electron chi connectivity index (χ4n) is 2.81. The van der Waals surface area contributed by atoms with Crippen LogP contribution >= 0.6 is 20.6 Å². The molecule has 3 atom stereocenters. The van der Waals surface area contributed by atoms with Crippen molar-refractivity contribution < 1.29 is 8.37 Å². The molecule has 0 radical (unpaired) electrons. The molecular formula is C21H44O2S2. The fourth-order valence-corrected chi connectivity index (χ4v) is 5.08. The van der Waals surface area contributed by atoms with Gasteiger partial charge in [0.05, 0.1) is 12.2 Å². The van der Waals surface area contributed by atoms with Crippen molar-refractivity contribution >= 4 is 20.6 Å². The van der Waals surface area contributed by atoms with Crippen LogP contribution in [-0.4, -0.2) is 46.7 Å². The molecule has 25 heavy (non-hydrogen) atoms. The summed E-state index contributed by atoms with van der Waals surface area (Å²) in [7, 11) is -2.20. The standard InChI is InChI=1S/C21H44O2S2/c1-12-13-14-17-15-18(22-24(8,9)20(2,3)4)16-19(17)23-25(10,11)21(5,6)7/h12,17-19H,1,13-16H2,2-11H3/t17-,18?,19?/m1/s1. The average Bonchev–Trinajstić information content (AvgIpc) is 2.74. The molecule has 1 fully saturated rings. The van der Waals surface area contributed by atoms with E-state index < -0.39 is 20.6 Å². The third-order valence-electron chi connectivity index (χ3n) is 6.02. The summed E-state index contributed by atoms with van der Waals surface area (Å²) in [5.41, 5.74) is 0. The molecule has 0 heterocycles. The first-order chi connectivity index (χ1) is 11.1. The van der Waals surface area contributed by atoms with E-state index in [2.05, 4.69) is 73.1 Å². The van der Waals surface area contributed by atoms with E-state index in [0.29, 0.717) is 18.1 Å². The lowest BCUT2D eigenvalue weighted by atomic mass is 10.00. The van der Waals surface area contributed by atoms with Gasteiger partial charge in [0.2, 0.25) is 0 Å². The van der Waals surface area contributed by atoms with E-state index in [0.717, 1.165) is 19.3 Å². The predicted octanol–water partition coefficient (Wildman–Crippen LogP) is 6.69. The second kappa shape index (κ2) is 8.16. The molecule has 152 valence electrons. The maximum Gasteiger partial charge on any atom is 0.0755 e. The molecule has 0 aromatic heterocycles. The summed E-state index contributed by atoms with van der Waals surface area (Å²) in [5.74, 6) is 0.590. The molecule has 1 aliphatic carbocycles. The molecular weight excluding hydrogens is 348 g/mol. The van der Waals surface area contributed by atoms with E-state index in [-0.39, 0.29) is 9.49 Å². The van der Waals surface area contributed by atoms with Gasteiger partial charge in [0, 0.05) is 15.9 Å². The van der Waals surface area contributed by atoms with Gasteiger partial charge in [0.1, 0.15) is 0 Å². The van der Waals surface area contributed by atoms with Crippen LogP contribution in [0.2, 0.25) is 0 Å². The first-order valence-corrected chi connectivity index (χ1v) is 14.3. The maximum absolute atomic E-state index is 6.78. The minimum absolute atomic E-state index is 0.199. The molecule has 1 aliphatic rings. The Morgan fingerprint density at radius 3 is 1.80 bits per heavy atom. The number of hydrogen-bond acceptors (Lipinski definition) is 2. The van der Waals surface area contributed by atoms with Crippen LogP contribution in [0.1, 0.15) is 67.2 Å². The van der Waals surface area contributed by atoms with Crippen LogP contribution < -0.4 is 0 Å². The Balaban J connectivity index is 2.87. The molecule has 0 N–H and O–H groups in total. The molecule has 2 nitrogen and oxygen atoms in total. The Hall–Kier alpha value is 0.360. The zero-order valence-corrected chi connectivity index (χ0v) is 20.1. The number of allylic oxidation sites excluding steroid dienone is 1. The number of hydrogen-bond donors (Lipinski definition) is 0. The highest BCUT2D eigenvalue weighted by atomic mass is 32.3. The molecule has 1 saturated carbocycles. The molecule has 0 amide bonds. The summed E-state index contributed by atoms with van der Waals surface area (Å²) in [4.78, 5) is 0. The summed E-state index contributed by atoms with van der Waals surface area (Å²) in [5, 5.41) is 0. The Kier molecular flexibility index (Phi) is 7.64. The SMILES string of the molecule is C=CCC[C@@H]1CC(OS(C)(C)C(C)(C)C)CC1OS(C)(C)C(C)(C)C. The third-order valence-corrected chi connectivity index (χ3v) is 13.4. The molecule has 0 aromatic rings. The zero-order chi connectivity index (χ0) is 19.7. The fraction of sp³-hybridized carbons (Fsp3) is 0.905. The second-order valence-corrected chi connectivity index (χ2v) is 17.9. The molecule has 0 aromatic carbocycles. The van der Waals surface area contributed by atoms with Gasteiger partial charge in [-0.05, 0) is 50.2 Å². The summed E-state index contributed by atoms with van der Waals surface area (Å²) in [6, 6.07) is 0. The monoisotopic (exact) mass is 392 g/mol. The minimum Gasteiger partial charge on any atom is -0.333 e. The van der Waals surface area contributed by atoms with Gasteiger partial charge in [-0.25, -0.2) is 0 Å². The molecule has 4 heteroatoms. The lowest BCUT2D eigenvalue weighted by Crippen LogP contribution is -2.31. The van der Waals surface area contributed by atoms with Crippen LogP contribution in [-0.2, 0) is 8.37 Å². The van der Waals surface area contributed by atoms with E-state index in [1.165, 1.54) is 6.42 Å². The van der Waals surface area contributed by atoms with Crippen molar-refractivity contribution in [2.75, 3.05) is 25.0 Å². The summed E-state index contributed by atoms with van der Waals surface area (Å²) < 4.78 is 13.9. The topological polar surface area (TPSA) is 18.5 Å². The van der Waals surface area contributed by atoms with Gasteiger partial charge in [-0.2, -0.15) is 0 Å². The number of rotatable bonds is 7. The van der Waals surface area contributed by atoms with E-state index in [1.54, 1.807) is 0 Å². The van der Waals surface area contributed by atoms with Crippen LogP contribution in [0.3, 0.4) is 0 Å². The van der Waals surface area contributed by atoms with Crippen molar-refractivity contribution in [1.82, 2.24) is 0 Å². The normalized spacial score (nSPS) is 27.4. The van der Waals surface area contributed by atoms with Crippen LogP contribution in [0.5, 0.6) is 0 Å². The van der Waals surface area contributed by atoms with Crippen LogP contribution in [0.25, 0.3) is 0 Å². The Morgan fingerprint density at radius 1 is 0.880 bits per heavy atom. The largest absolute Gasteiger partial charge is 0.333 e. The predicted molar refractivity (Wildman–Crippen MR) is 120 cm³/mol. The molecule has 0 bridgehead atoms. The average molecular weight is 393 g/mol. The summed E-state index contributed by atoms with van der Waals surface area (Å²) in [6.07, 6.45) is 16.4. The molecule has 1 rings (SSSR count). The summed E-state index contributed by atoms with van der Waals surface area (Å²) >= 11 is 0. The van der Waals surface area contributed by atoms with Gasteiger partial charge in [0.15, 0.2) is 0 Å². The van der Waals surface area contributed by atoms with Crippen molar-refractivity contribution in [3.05, 3.63) is 12.7 Å². The van der Waals surface area contributed by atoms with Crippen LogP contribution in [0, 0.1) is 5.92 Å². The van der Waals surface area contributed by atoms with Crippen molar-refractivity contribution in [3.8, 4) is 0 Å². The van der Waals surface area contributed by atoms with Crippen LogP contribution in [0.15, 0.2) is 12.7 Å². The van der Waals surface area contributed by atoms with Crippen LogP contribution in [0.4, 0.5) is 0 Å². The van der Waals surface area contributed by atoms with Crippen molar-refractivity contribution in [2.45, 2.75) is 88.9 Å². The Labute approximate surface area is 161 Å². The molecule has 0 spiro atoms. The van der Waals surface area contributed by atoms with Crippen molar-refractivity contribution in [2.24, 2.45) is 5.92 Å².